The molecule has 13 heavy (non-hydrogen) atoms. The second-order valence-electron chi connectivity index (χ2n) is 4.19. The predicted molar refractivity (Wildman–Crippen MR) is 53.6 cm³/mol. The zero-order valence-corrected chi connectivity index (χ0v) is 8.88. The molecule has 0 spiro atoms. The summed E-state index contributed by atoms with van der Waals surface area (Å²) in [6.07, 6.45) is 4.55. The van der Waals surface area contributed by atoms with Crippen molar-refractivity contribution in [2.75, 3.05) is 19.8 Å². The zero-order valence-electron chi connectivity index (χ0n) is 8.88. The lowest BCUT2D eigenvalue weighted by molar-refractivity contribution is -0.0743. The molecular weight excluding hydrogens is 164 g/mol. The van der Waals surface area contributed by atoms with Gasteiger partial charge in [-0.25, -0.2) is 0 Å². The molecule has 78 valence electrons. The second kappa shape index (κ2) is 4.97. The summed E-state index contributed by atoms with van der Waals surface area (Å²) in [4.78, 5) is 0. The Morgan fingerprint density at radius 2 is 2.08 bits per heavy atom. The molecule has 0 amide bonds. The van der Waals surface area contributed by atoms with Gasteiger partial charge in [0.05, 0.1) is 13.2 Å². The van der Waals surface area contributed by atoms with Crippen molar-refractivity contribution in [2.45, 2.75) is 39.5 Å². The van der Waals surface area contributed by atoms with Crippen molar-refractivity contribution in [1.82, 2.24) is 0 Å². The summed E-state index contributed by atoms with van der Waals surface area (Å²) >= 11 is 0. The third kappa shape index (κ3) is 2.23. The van der Waals surface area contributed by atoms with Gasteiger partial charge in [-0.15, -0.1) is 0 Å². The molecule has 1 rings (SSSR count). The Balaban J connectivity index is 2.64. The van der Waals surface area contributed by atoms with Crippen LogP contribution in [0.3, 0.4) is 0 Å². The molecule has 0 bridgehead atoms. The highest BCUT2D eigenvalue weighted by atomic mass is 16.5. The number of hydrogen-bond donors (Lipinski definition) is 1. The van der Waals surface area contributed by atoms with Crippen molar-refractivity contribution < 1.29 is 9.84 Å². The SMILES string of the molecule is CCC(CC)C1(CO)CCCOC1. The molecule has 0 aromatic carbocycles. The smallest absolute Gasteiger partial charge is 0.0547 e. The molecule has 1 aliphatic heterocycles. The van der Waals surface area contributed by atoms with Crippen LogP contribution in [-0.2, 0) is 4.74 Å². The molecule has 1 heterocycles. The van der Waals surface area contributed by atoms with E-state index in [1.807, 2.05) is 0 Å². The van der Waals surface area contributed by atoms with Crippen molar-refractivity contribution in [3.8, 4) is 0 Å². The molecule has 1 unspecified atom stereocenters. The van der Waals surface area contributed by atoms with Gasteiger partial charge < -0.3 is 9.84 Å². The second-order valence-corrected chi connectivity index (χ2v) is 4.19. The van der Waals surface area contributed by atoms with Crippen LogP contribution in [0.1, 0.15) is 39.5 Å². The predicted octanol–water partition coefficient (Wildman–Crippen LogP) is 2.21. The first-order chi connectivity index (χ1) is 6.29. The summed E-state index contributed by atoms with van der Waals surface area (Å²) in [5, 5.41) is 9.49. The van der Waals surface area contributed by atoms with Crippen LogP contribution in [0.2, 0.25) is 0 Å². The highest BCUT2D eigenvalue weighted by Gasteiger charge is 2.38. The van der Waals surface area contributed by atoms with E-state index in [0.717, 1.165) is 38.9 Å². The van der Waals surface area contributed by atoms with Gasteiger partial charge in [-0.2, -0.15) is 0 Å². The molecule has 0 radical (unpaired) electrons. The van der Waals surface area contributed by atoms with Crippen molar-refractivity contribution in [1.29, 1.82) is 0 Å². The summed E-state index contributed by atoms with van der Waals surface area (Å²) in [5.74, 6) is 0.623. The summed E-state index contributed by atoms with van der Waals surface area (Å²) in [6, 6.07) is 0. The van der Waals surface area contributed by atoms with Crippen LogP contribution in [0.4, 0.5) is 0 Å². The highest BCUT2D eigenvalue weighted by molar-refractivity contribution is 4.86. The van der Waals surface area contributed by atoms with Crippen LogP contribution in [0.25, 0.3) is 0 Å². The van der Waals surface area contributed by atoms with Gasteiger partial charge in [0.15, 0.2) is 0 Å². The van der Waals surface area contributed by atoms with E-state index in [1.54, 1.807) is 0 Å². The minimum Gasteiger partial charge on any atom is -0.396 e. The monoisotopic (exact) mass is 186 g/mol. The Labute approximate surface area is 81.3 Å². The van der Waals surface area contributed by atoms with E-state index < -0.39 is 0 Å². The maximum Gasteiger partial charge on any atom is 0.0547 e. The van der Waals surface area contributed by atoms with E-state index in [4.69, 9.17) is 4.74 Å². The number of ether oxygens (including phenoxy) is 1. The molecular formula is C11H22O2. The van der Waals surface area contributed by atoms with Gasteiger partial charge in [-0.3, -0.25) is 0 Å². The van der Waals surface area contributed by atoms with E-state index >= 15 is 0 Å². The molecule has 2 heteroatoms. The van der Waals surface area contributed by atoms with Crippen molar-refractivity contribution in [3.63, 3.8) is 0 Å². The van der Waals surface area contributed by atoms with Crippen LogP contribution in [-0.4, -0.2) is 24.9 Å². The Morgan fingerprint density at radius 1 is 1.38 bits per heavy atom. The van der Waals surface area contributed by atoms with Crippen LogP contribution >= 0.6 is 0 Å². The first-order valence-corrected chi connectivity index (χ1v) is 5.47. The molecule has 1 N–H and O–H groups in total. The van der Waals surface area contributed by atoms with Crippen molar-refractivity contribution in [3.05, 3.63) is 0 Å². The van der Waals surface area contributed by atoms with Gasteiger partial charge in [0.2, 0.25) is 0 Å². The standard InChI is InChI=1S/C11H22O2/c1-3-10(4-2)11(8-12)6-5-7-13-9-11/h10,12H,3-9H2,1-2H3. The summed E-state index contributed by atoms with van der Waals surface area (Å²) in [5.41, 5.74) is 0.0712. The quantitative estimate of drug-likeness (QED) is 0.729. The third-order valence-corrected chi connectivity index (χ3v) is 3.52. The molecule has 0 aliphatic carbocycles. The van der Waals surface area contributed by atoms with Crippen LogP contribution in [0.5, 0.6) is 0 Å². The summed E-state index contributed by atoms with van der Waals surface area (Å²) in [6.45, 7) is 6.34. The lowest BCUT2D eigenvalue weighted by Crippen LogP contribution is -2.41. The average Bonchev–Trinajstić information content (AvgIpc) is 2.21. The van der Waals surface area contributed by atoms with Gasteiger partial charge >= 0.3 is 0 Å². The minimum absolute atomic E-state index is 0.0712. The fraction of sp³-hybridized carbons (Fsp3) is 1.00. The van der Waals surface area contributed by atoms with Gasteiger partial charge in [-0.1, -0.05) is 26.7 Å². The first-order valence-electron chi connectivity index (χ1n) is 5.47. The minimum atomic E-state index is 0.0712. The first kappa shape index (κ1) is 11.0. The number of hydrogen-bond acceptors (Lipinski definition) is 2. The zero-order chi connectivity index (χ0) is 9.73. The summed E-state index contributed by atoms with van der Waals surface area (Å²) in [7, 11) is 0. The number of aliphatic hydroxyl groups is 1. The number of aliphatic hydroxyl groups excluding tert-OH is 1. The topological polar surface area (TPSA) is 29.5 Å². The maximum absolute atomic E-state index is 9.49. The highest BCUT2D eigenvalue weighted by Crippen LogP contribution is 2.39. The molecule has 1 atom stereocenters. The fourth-order valence-electron chi connectivity index (χ4n) is 2.60. The van der Waals surface area contributed by atoms with Crippen LogP contribution < -0.4 is 0 Å². The van der Waals surface area contributed by atoms with Crippen LogP contribution in [0, 0.1) is 11.3 Å². The lowest BCUT2D eigenvalue weighted by atomic mass is 9.70. The molecule has 0 saturated carbocycles. The Kier molecular flexibility index (Phi) is 4.20. The van der Waals surface area contributed by atoms with E-state index in [0.29, 0.717) is 12.5 Å². The van der Waals surface area contributed by atoms with E-state index in [9.17, 15) is 5.11 Å². The Hall–Kier alpha value is -0.0800. The van der Waals surface area contributed by atoms with Gasteiger partial charge in [0.25, 0.3) is 0 Å². The van der Waals surface area contributed by atoms with E-state index in [2.05, 4.69) is 13.8 Å². The van der Waals surface area contributed by atoms with E-state index in [1.165, 1.54) is 0 Å². The lowest BCUT2D eigenvalue weighted by Gasteiger charge is -2.41. The molecule has 0 aromatic rings. The normalized spacial score (nSPS) is 29.5. The maximum atomic E-state index is 9.49. The molecule has 1 aliphatic rings. The number of rotatable bonds is 4. The Bertz CT molecular complexity index is 135. The molecule has 2 nitrogen and oxygen atoms in total. The van der Waals surface area contributed by atoms with Crippen molar-refractivity contribution >= 4 is 0 Å². The largest absolute Gasteiger partial charge is 0.396 e. The fourth-order valence-corrected chi connectivity index (χ4v) is 2.60. The molecule has 1 fully saturated rings. The van der Waals surface area contributed by atoms with Gasteiger partial charge in [-0.05, 0) is 18.8 Å². The Morgan fingerprint density at radius 3 is 2.46 bits per heavy atom. The van der Waals surface area contributed by atoms with Gasteiger partial charge in [0.1, 0.15) is 0 Å². The van der Waals surface area contributed by atoms with Crippen LogP contribution in [0.15, 0.2) is 0 Å². The van der Waals surface area contributed by atoms with Crippen molar-refractivity contribution in [2.24, 2.45) is 11.3 Å². The van der Waals surface area contributed by atoms with E-state index in [-0.39, 0.29) is 5.41 Å². The average molecular weight is 186 g/mol. The third-order valence-electron chi connectivity index (χ3n) is 3.52. The van der Waals surface area contributed by atoms with Gasteiger partial charge in [0, 0.05) is 12.0 Å². The summed E-state index contributed by atoms with van der Waals surface area (Å²) < 4.78 is 5.50. The molecule has 1 saturated heterocycles. The molecule has 0 aromatic heterocycles.